The molecule has 0 aliphatic carbocycles. The van der Waals surface area contributed by atoms with Crippen LogP contribution in [0.15, 0.2) is 12.1 Å². The number of hydrogen-bond donors (Lipinski definition) is 2. The van der Waals surface area contributed by atoms with Gasteiger partial charge in [-0.3, -0.25) is 4.79 Å². The summed E-state index contributed by atoms with van der Waals surface area (Å²) in [6.45, 7) is 4.14. The zero-order chi connectivity index (χ0) is 14.4. The van der Waals surface area contributed by atoms with Crippen LogP contribution in [0.3, 0.4) is 0 Å². The van der Waals surface area contributed by atoms with E-state index in [1.807, 2.05) is 11.8 Å². The Kier molecular flexibility index (Phi) is 3.56. The molecule has 0 saturated carbocycles. The second kappa shape index (κ2) is 5.10. The van der Waals surface area contributed by atoms with Crippen molar-refractivity contribution in [2.75, 3.05) is 19.6 Å². The van der Waals surface area contributed by atoms with E-state index in [0.29, 0.717) is 22.2 Å². The molecular weight excluding hydrogens is 299 g/mol. The third kappa shape index (κ3) is 2.07. The van der Waals surface area contributed by atoms with Gasteiger partial charge < -0.3 is 15.3 Å². The molecule has 4 nitrogen and oxygen atoms in total. The van der Waals surface area contributed by atoms with Crippen LogP contribution in [0.1, 0.15) is 18.4 Å². The minimum absolute atomic E-state index is 0.109. The molecule has 1 amide bonds. The van der Waals surface area contributed by atoms with Crippen molar-refractivity contribution in [1.29, 1.82) is 0 Å². The first-order chi connectivity index (χ1) is 9.50. The fraction of sp³-hybridized carbons (Fsp3) is 0.500. The number of halogens is 2. The standard InChI is InChI=1S/C14H16Cl2N2O2/c1-7-9(6-18(14(7)20)8-4-17-5-8)12-11(19)3-2-10(15)13(12)16/h2-3,7-9,17,19H,4-6H2,1H3/t7-,9+/m1/s1. The van der Waals surface area contributed by atoms with Gasteiger partial charge in [0.15, 0.2) is 0 Å². The summed E-state index contributed by atoms with van der Waals surface area (Å²) in [5, 5.41) is 14.0. The number of phenolic OH excluding ortho intramolecular Hbond substituents is 1. The summed E-state index contributed by atoms with van der Waals surface area (Å²) in [7, 11) is 0. The molecule has 1 aromatic carbocycles. The minimum atomic E-state index is -0.197. The van der Waals surface area contributed by atoms with Gasteiger partial charge in [-0.05, 0) is 12.1 Å². The molecule has 0 bridgehead atoms. The van der Waals surface area contributed by atoms with Crippen LogP contribution in [0.4, 0.5) is 0 Å². The predicted molar refractivity (Wildman–Crippen MR) is 78.4 cm³/mol. The van der Waals surface area contributed by atoms with Gasteiger partial charge in [0.2, 0.25) is 5.91 Å². The number of carbonyl (C=O) groups excluding carboxylic acids is 1. The van der Waals surface area contributed by atoms with E-state index in [0.717, 1.165) is 13.1 Å². The quantitative estimate of drug-likeness (QED) is 0.880. The number of aromatic hydroxyl groups is 1. The molecule has 2 aliphatic rings. The van der Waals surface area contributed by atoms with Crippen molar-refractivity contribution < 1.29 is 9.90 Å². The number of carbonyl (C=O) groups is 1. The van der Waals surface area contributed by atoms with Crippen LogP contribution in [0.25, 0.3) is 0 Å². The number of phenols is 1. The number of amides is 1. The molecule has 3 rings (SSSR count). The maximum absolute atomic E-state index is 12.4. The monoisotopic (exact) mass is 314 g/mol. The van der Waals surface area contributed by atoms with E-state index in [1.165, 1.54) is 6.07 Å². The molecule has 0 aromatic heterocycles. The Bertz CT molecular complexity index is 560. The average Bonchev–Trinajstić information content (AvgIpc) is 2.62. The topological polar surface area (TPSA) is 52.6 Å². The summed E-state index contributed by atoms with van der Waals surface area (Å²) in [6.07, 6.45) is 0. The highest BCUT2D eigenvalue weighted by Crippen LogP contribution is 2.44. The lowest BCUT2D eigenvalue weighted by molar-refractivity contribution is -0.133. The first kappa shape index (κ1) is 14.0. The van der Waals surface area contributed by atoms with Gasteiger partial charge in [0.25, 0.3) is 0 Å². The van der Waals surface area contributed by atoms with Gasteiger partial charge in [-0.2, -0.15) is 0 Å². The van der Waals surface area contributed by atoms with Gasteiger partial charge in [0, 0.05) is 37.0 Å². The smallest absolute Gasteiger partial charge is 0.226 e. The molecule has 2 aliphatic heterocycles. The van der Waals surface area contributed by atoms with Crippen molar-refractivity contribution >= 4 is 29.1 Å². The Hall–Kier alpha value is -0.970. The van der Waals surface area contributed by atoms with Crippen molar-refractivity contribution in [3.05, 3.63) is 27.7 Å². The first-order valence-electron chi connectivity index (χ1n) is 6.68. The summed E-state index contributed by atoms with van der Waals surface area (Å²) in [4.78, 5) is 14.3. The number of nitrogens with one attached hydrogen (secondary N) is 1. The van der Waals surface area contributed by atoms with Gasteiger partial charge in [-0.1, -0.05) is 30.1 Å². The molecule has 2 N–H and O–H groups in total. The predicted octanol–water partition coefficient (Wildman–Crippen LogP) is 2.23. The van der Waals surface area contributed by atoms with Gasteiger partial charge in [-0.15, -0.1) is 0 Å². The molecule has 108 valence electrons. The van der Waals surface area contributed by atoms with E-state index in [-0.39, 0.29) is 29.5 Å². The van der Waals surface area contributed by atoms with Gasteiger partial charge >= 0.3 is 0 Å². The molecular formula is C14H16Cl2N2O2. The van der Waals surface area contributed by atoms with Gasteiger partial charge in [0.1, 0.15) is 5.75 Å². The van der Waals surface area contributed by atoms with E-state index in [9.17, 15) is 9.90 Å². The average molecular weight is 315 g/mol. The molecule has 20 heavy (non-hydrogen) atoms. The Morgan fingerprint density at radius 2 is 2.05 bits per heavy atom. The number of hydrogen-bond acceptors (Lipinski definition) is 3. The van der Waals surface area contributed by atoms with Crippen molar-refractivity contribution in [1.82, 2.24) is 10.2 Å². The zero-order valence-electron chi connectivity index (χ0n) is 11.1. The van der Waals surface area contributed by atoms with E-state index >= 15 is 0 Å². The van der Waals surface area contributed by atoms with Crippen LogP contribution < -0.4 is 5.32 Å². The molecule has 6 heteroatoms. The summed E-state index contributed by atoms with van der Waals surface area (Å²) < 4.78 is 0. The lowest BCUT2D eigenvalue weighted by atomic mass is 9.89. The minimum Gasteiger partial charge on any atom is -0.508 e. The van der Waals surface area contributed by atoms with Crippen molar-refractivity contribution in [2.45, 2.75) is 18.9 Å². The number of likely N-dealkylation sites (tertiary alicyclic amines) is 1. The third-order valence-electron chi connectivity index (χ3n) is 4.35. The SMILES string of the molecule is C[C@H]1C(=O)N(C2CNC2)C[C@@H]1c1c(O)ccc(Cl)c1Cl. The molecule has 2 heterocycles. The van der Waals surface area contributed by atoms with E-state index in [4.69, 9.17) is 23.2 Å². The van der Waals surface area contributed by atoms with Crippen molar-refractivity contribution in [3.63, 3.8) is 0 Å². The molecule has 2 atom stereocenters. The maximum atomic E-state index is 12.4. The number of benzene rings is 1. The highest BCUT2D eigenvalue weighted by molar-refractivity contribution is 6.42. The summed E-state index contributed by atoms with van der Waals surface area (Å²) in [5.74, 6) is -0.0821. The second-order valence-electron chi connectivity index (χ2n) is 5.49. The molecule has 2 saturated heterocycles. The first-order valence-corrected chi connectivity index (χ1v) is 7.44. The maximum Gasteiger partial charge on any atom is 0.226 e. The molecule has 0 radical (unpaired) electrons. The van der Waals surface area contributed by atoms with Crippen LogP contribution in [0.5, 0.6) is 5.75 Å². The molecule has 1 aromatic rings. The lowest BCUT2D eigenvalue weighted by Gasteiger charge is -2.35. The van der Waals surface area contributed by atoms with Crippen LogP contribution >= 0.6 is 23.2 Å². The van der Waals surface area contributed by atoms with Gasteiger partial charge in [-0.25, -0.2) is 0 Å². The summed E-state index contributed by atoms with van der Waals surface area (Å²) in [6, 6.07) is 3.36. The Balaban J connectivity index is 1.95. The van der Waals surface area contributed by atoms with Crippen LogP contribution in [0, 0.1) is 5.92 Å². The summed E-state index contributed by atoms with van der Waals surface area (Å²) in [5.41, 5.74) is 0.592. The second-order valence-corrected chi connectivity index (χ2v) is 6.28. The molecule has 0 unspecified atom stereocenters. The van der Waals surface area contributed by atoms with Crippen molar-refractivity contribution in [2.24, 2.45) is 5.92 Å². The Labute approximate surface area is 127 Å². The van der Waals surface area contributed by atoms with Crippen LogP contribution in [-0.2, 0) is 4.79 Å². The summed E-state index contributed by atoms with van der Waals surface area (Å²) >= 11 is 12.3. The Morgan fingerprint density at radius 1 is 1.35 bits per heavy atom. The van der Waals surface area contributed by atoms with E-state index in [1.54, 1.807) is 6.07 Å². The van der Waals surface area contributed by atoms with Gasteiger partial charge in [0.05, 0.1) is 16.1 Å². The normalized spacial score (nSPS) is 26.9. The fourth-order valence-electron chi connectivity index (χ4n) is 2.97. The third-order valence-corrected chi connectivity index (χ3v) is 5.17. The highest BCUT2D eigenvalue weighted by atomic mass is 35.5. The number of rotatable bonds is 2. The molecule has 0 spiro atoms. The Morgan fingerprint density at radius 3 is 2.65 bits per heavy atom. The zero-order valence-corrected chi connectivity index (χ0v) is 12.6. The van der Waals surface area contributed by atoms with Crippen molar-refractivity contribution in [3.8, 4) is 5.75 Å². The molecule has 2 fully saturated rings. The van der Waals surface area contributed by atoms with E-state index < -0.39 is 0 Å². The van der Waals surface area contributed by atoms with Crippen LogP contribution in [-0.4, -0.2) is 41.6 Å². The largest absolute Gasteiger partial charge is 0.508 e. The highest BCUT2D eigenvalue weighted by Gasteiger charge is 2.44. The lowest BCUT2D eigenvalue weighted by Crippen LogP contribution is -2.57. The fourth-order valence-corrected chi connectivity index (χ4v) is 3.43. The van der Waals surface area contributed by atoms with E-state index in [2.05, 4.69) is 5.32 Å². The number of nitrogens with zero attached hydrogens (tertiary/aromatic N) is 1. The van der Waals surface area contributed by atoms with Crippen LogP contribution in [0.2, 0.25) is 10.0 Å².